The molecule has 6 heteroatoms. The van der Waals surface area contributed by atoms with E-state index in [0.717, 1.165) is 16.2 Å². The Morgan fingerprint density at radius 2 is 1.92 bits per heavy atom. The Balaban J connectivity index is 2.29. The van der Waals surface area contributed by atoms with Crippen molar-refractivity contribution in [2.75, 3.05) is 0 Å². The highest BCUT2D eigenvalue weighted by molar-refractivity contribution is 7.07. The van der Waals surface area contributed by atoms with E-state index in [9.17, 15) is 0 Å². The van der Waals surface area contributed by atoms with E-state index in [0.29, 0.717) is 15.9 Å². The molecule has 2 heterocycles. The van der Waals surface area contributed by atoms with Gasteiger partial charge in [-0.3, -0.25) is 4.57 Å². The van der Waals surface area contributed by atoms with Crippen molar-refractivity contribution in [3.63, 3.8) is 0 Å². The number of benzene rings is 1. The maximum Gasteiger partial charge on any atom is 0.196 e. The van der Waals surface area contributed by atoms with Gasteiger partial charge in [0.25, 0.3) is 0 Å². The predicted octanol–water partition coefficient (Wildman–Crippen LogP) is 5.77. The molecule has 0 spiro atoms. The fourth-order valence-electron chi connectivity index (χ4n) is 2.32. The fourth-order valence-corrected chi connectivity index (χ4v) is 3.94. The second kappa shape index (κ2) is 6.71. The van der Waals surface area contributed by atoms with Crippen LogP contribution in [0, 0.1) is 0 Å². The monoisotopic (exact) mass is 377 g/mol. The van der Waals surface area contributed by atoms with Crippen LogP contribution >= 0.6 is 34.5 Å². The lowest BCUT2D eigenvalue weighted by Gasteiger charge is -2.21. The first kappa shape index (κ1) is 17.2. The van der Waals surface area contributed by atoms with Gasteiger partial charge < -0.3 is 0 Å². The number of rotatable bonds is 2. The van der Waals surface area contributed by atoms with Crippen LogP contribution in [0.1, 0.15) is 26.5 Å². The van der Waals surface area contributed by atoms with E-state index < -0.39 is 0 Å². The second-order valence-corrected chi connectivity index (χ2v) is 8.06. The Kier molecular flexibility index (Phi) is 4.81. The predicted molar refractivity (Wildman–Crippen MR) is 102 cm³/mol. The van der Waals surface area contributed by atoms with Gasteiger partial charge in [0, 0.05) is 27.7 Å². The number of aromatic nitrogens is 2. The van der Waals surface area contributed by atoms with Crippen molar-refractivity contribution in [2.24, 2.45) is 4.99 Å². The lowest BCUT2D eigenvalue weighted by molar-refractivity contribution is 0.553. The maximum atomic E-state index is 6.46. The fraction of sp³-hybridized carbons (Fsp3) is 0.222. The molecule has 0 radical (unpaired) electrons. The molecule has 0 aliphatic heterocycles. The average molecular weight is 378 g/mol. The van der Waals surface area contributed by atoms with Crippen molar-refractivity contribution in [2.45, 2.75) is 26.2 Å². The van der Waals surface area contributed by atoms with Gasteiger partial charge in [0.15, 0.2) is 10.6 Å². The first-order valence-corrected chi connectivity index (χ1v) is 9.12. The molecule has 0 bridgehead atoms. The highest BCUT2D eigenvalue weighted by atomic mass is 35.5. The van der Waals surface area contributed by atoms with Crippen molar-refractivity contribution in [3.8, 4) is 5.69 Å². The molecule has 0 atom stereocenters. The van der Waals surface area contributed by atoms with Crippen molar-refractivity contribution in [1.29, 1.82) is 0 Å². The summed E-state index contributed by atoms with van der Waals surface area (Å²) in [6.45, 7) is 6.50. The third kappa shape index (κ3) is 3.56. The third-order valence-corrected chi connectivity index (χ3v) is 4.85. The molecule has 24 heavy (non-hydrogen) atoms. The molecule has 1 aromatic carbocycles. The van der Waals surface area contributed by atoms with Crippen LogP contribution in [-0.4, -0.2) is 9.55 Å². The van der Waals surface area contributed by atoms with Crippen molar-refractivity contribution in [1.82, 2.24) is 9.55 Å². The average Bonchev–Trinajstić information content (AvgIpc) is 2.92. The van der Waals surface area contributed by atoms with Gasteiger partial charge in [0.1, 0.15) is 0 Å². The first-order valence-electron chi connectivity index (χ1n) is 7.48. The quantitative estimate of drug-likeness (QED) is 0.557. The van der Waals surface area contributed by atoms with Crippen LogP contribution in [0.4, 0.5) is 5.82 Å². The number of hydrogen-bond acceptors (Lipinski definition) is 3. The number of halogens is 2. The molecule has 3 aromatic rings. The van der Waals surface area contributed by atoms with Gasteiger partial charge in [-0.1, -0.05) is 50.0 Å². The molecular weight excluding hydrogens is 361 g/mol. The van der Waals surface area contributed by atoms with Crippen molar-refractivity contribution < 1.29 is 0 Å². The summed E-state index contributed by atoms with van der Waals surface area (Å²) in [4.78, 5) is 9.81. The Morgan fingerprint density at radius 1 is 1.12 bits per heavy atom. The van der Waals surface area contributed by atoms with Gasteiger partial charge in [0.05, 0.1) is 10.7 Å². The van der Waals surface area contributed by atoms with Crippen molar-refractivity contribution >= 4 is 40.4 Å². The summed E-state index contributed by atoms with van der Waals surface area (Å²) in [6, 6.07) is 11.2. The summed E-state index contributed by atoms with van der Waals surface area (Å²) in [6.07, 6.45) is 1.73. The minimum absolute atomic E-state index is 0.0582. The van der Waals surface area contributed by atoms with E-state index in [2.05, 4.69) is 35.7 Å². The summed E-state index contributed by atoms with van der Waals surface area (Å²) < 4.78 is 2.08. The van der Waals surface area contributed by atoms with E-state index >= 15 is 0 Å². The number of thiazole rings is 1. The minimum atomic E-state index is -0.0582. The smallest absolute Gasteiger partial charge is 0.196 e. The number of nitrogens with zero attached hydrogens (tertiary/aromatic N) is 3. The standard InChI is InChI=1S/C18H17Cl2N3S/c1-18(2,3)15-11-24-17(22-16-6-4-5-9-21-16)23(15)14-8-7-12(19)10-13(14)20/h4-11H,1-3H3/b22-17-. The zero-order valence-electron chi connectivity index (χ0n) is 13.6. The summed E-state index contributed by atoms with van der Waals surface area (Å²) in [5.74, 6) is 0.665. The topological polar surface area (TPSA) is 30.2 Å². The van der Waals surface area contributed by atoms with Gasteiger partial charge in [-0.05, 0) is 30.3 Å². The lowest BCUT2D eigenvalue weighted by atomic mass is 9.93. The second-order valence-electron chi connectivity index (χ2n) is 6.38. The highest BCUT2D eigenvalue weighted by Crippen LogP contribution is 2.30. The van der Waals surface area contributed by atoms with Gasteiger partial charge in [0.2, 0.25) is 0 Å². The molecule has 0 amide bonds. The maximum absolute atomic E-state index is 6.46. The lowest BCUT2D eigenvalue weighted by Crippen LogP contribution is -2.23. The molecule has 0 saturated carbocycles. The molecule has 3 rings (SSSR count). The van der Waals surface area contributed by atoms with E-state index in [1.807, 2.05) is 30.3 Å². The molecule has 0 aliphatic rings. The van der Waals surface area contributed by atoms with Gasteiger partial charge in [-0.2, -0.15) is 0 Å². The Morgan fingerprint density at radius 3 is 2.54 bits per heavy atom. The Labute approximate surface area is 155 Å². The molecule has 2 aromatic heterocycles. The summed E-state index contributed by atoms with van der Waals surface area (Å²) in [5.41, 5.74) is 1.94. The van der Waals surface area contributed by atoms with Gasteiger partial charge >= 0.3 is 0 Å². The zero-order valence-corrected chi connectivity index (χ0v) is 16.0. The molecule has 0 unspecified atom stereocenters. The molecule has 124 valence electrons. The van der Waals surface area contributed by atoms with Crippen LogP contribution in [-0.2, 0) is 5.41 Å². The van der Waals surface area contributed by atoms with E-state index in [1.165, 1.54) is 0 Å². The number of hydrogen-bond donors (Lipinski definition) is 0. The third-order valence-electron chi connectivity index (χ3n) is 3.49. The molecular formula is C18H17Cl2N3S. The van der Waals surface area contributed by atoms with Crippen LogP contribution in [0.3, 0.4) is 0 Å². The van der Waals surface area contributed by atoms with E-state index in [1.54, 1.807) is 23.6 Å². The minimum Gasteiger partial charge on any atom is -0.287 e. The van der Waals surface area contributed by atoms with Crippen LogP contribution in [0.15, 0.2) is 53.0 Å². The van der Waals surface area contributed by atoms with Crippen LogP contribution in [0.2, 0.25) is 10.0 Å². The Bertz CT molecular complexity index is 921. The highest BCUT2D eigenvalue weighted by Gasteiger charge is 2.22. The Hall–Kier alpha value is -1.62. The first-order chi connectivity index (χ1) is 11.4. The van der Waals surface area contributed by atoms with E-state index in [4.69, 9.17) is 28.2 Å². The summed E-state index contributed by atoms with van der Waals surface area (Å²) >= 11 is 14.1. The number of pyridine rings is 1. The van der Waals surface area contributed by atoms with Crippen molar-refractivity contribution in [3.05, 3.63) is 68.5 Å². The molecule has 0 fully saturated rings. The van der Waals surface area contributed by atoms with Crippen LogP contribution in [0.5, 0.6) is 0 Å². The molecule has 3 nitrogen and oxygen atoms in total. The van der Waals surface area contributed by atoms with E-state index in [-0.39, 0.29) is 5.41 Å². The normalized spacial score (nSPS) is 12.6. The van der Waals surface area contributed by atoms with Crippen LogP contribution < -0.4 is 4.80 Å². The summed E-state index contributed by atoms with van der Waals surface area (Å²) in [7, 11) is 0. The molecule has 0 N–H and O–H groups in total. The molecule has 0 saturated heterocycles. The molecule has 0 aliphatic carbocycles. The van der Waals surface area contributed by atoms with Gasteiger partial charge in [-0.25, -0.2) is 9.98 Å². The largest absolute Gasteiger partial charge is 0.287 e. The van der Waals surface area contributed by atoms with Crippen LogP contribution in [0.25, 0.3) is 5.69 Å². The zero-order chi connectivity index (χ0) is 17.3. The SMILES string of the molecule is CC(C)(C)c1cs/c(=N\c2ccccn2)n1-c1ccc(Cl)cc1Cl. The van der Waals surface area contributed by atoms with Gasteiger partial charge in [-0.15, -0.1) is 11.3 Å². The summed E-state index contributed by atoms with van der Waals surface area (Å²) in [5, 5.41) is 3.32.